The van der Waals surface area contributed by atoms with Crippen LogP contribution < -0.4 is 9.47 Å². The van der Waals surface area contributed by atoms with Gasteiger partial charge in [0.2, 0.25) is 6.79 Å². The van der Waals surface area contributed by atoms with E-state index in [1.54, 1.807) is 10.4 Å². The van der Waals surface area contributed by atoms with Crippen LogP contribution in [0.1, 0.15) is 28.3 Å². The summed E-state index contributed by atoms with van der Waals surface area (Å²) >= 11 is 0. The maximum absolute atomic E-state index is 13.4. The highest BCUT2D eigenvalue weighted by atomic mass is 28.3. The van der Waals surface area contributed by atoms with E-state index in [1.165, 1.54) is 5.57 Å². The van der Waals surface area contributed by atoms with Crippen LogP contribution >= 0.6 is 0 Å². The molecule has 0 radical (unpaired) electrons. The Morgan fingerprint density at radius 3 is 2.32 bits per heavy atom. The van der Waals surface area contributed by atoms with Crippen molar-refractivity contribution in [2.75, 3.05) is 13.3 Å². The average molecular weight is 412 g/mol. The molecule has 0 spiro atoms. The van der Waals surface area contributed by atoms with Gasteiger partial charge < -0.3 is 14.4 Å². The second kappa shape index (κ2) is 5.63. The minimum atomic E-state index is -1.63. The Bertz CT molecular complexity index is 965. The molecule has 1 saturated heterocycles. The third kappa shape index (κ3) is 2.43. The van der Waals surface area contributed by atoms with E-state index in [0.29, 0.717) is 5.75 Å². The van der Waals surface area contributed by atoms with Crippen LogP contribution in [-0.4, -0.2) is 46.3 Å². The smallest absolute Gasteiger partial charge is 0.254 e. The number of hydrogen-bond acceptors (Lipinski definition) is 3. The number of allylic oxidation sites excluding steroid dienone is 2. The molecule has 4 nitrogen and oxygen atoms in total. The summed E-state index contributed by atoms with van der Waals surface area (Å²) in [6, 6.07) is 4.24. The highest BCUT2D eigenvalue weighted by Gasteiger charge is 2.52. The van der Waals surface area contributed by atoms with E-state index in [4.69, 9.17) is 9.47 Å². The fourth-order valence-electron chi connectivity index (χ4n) is 5.48. The van der Waals surface area contributed by atoms with E-state index in [9.17, 15) is 4.79 Å². The van der Waals surface area contributed by atoms with Crippen LogP contribution in [0.15, 0.2) is 34.2 Å². The van der Waals surface area contributed by atoms with E-state index in [-0.39, 0.29) is 24.7 Å². The Labute approximate surface area is 169 Å². The molecule has 28 heavy (non-hydrogen) atoms. The molecule has 0 saturated carbocycles. The van der Waals surface area contributed by atoms with Crippen molar-refractivity contribution in [1.82, 2.24) is 4.90 Å². The van der Waals surface area contributed by atoms with Crippen LogP contribution in [0, 0.1) is 0 Å². The van der Waals surface area contributed by atoms with Gasteiger partial charge in [-0.05, 0) is 29.7 Å². The standard InChI is InChI=1S/C22H29NO3Si2/c1-27(2,3)18-9-13-7-8-23-20(13)19(21(18)28(4,5)6)14-10-16-17(26-12-25-16)11-15(14)22(23)24/h9-11,19-20H,7-8,12H2,1-6H3/t19-,20-/m1/s1. The highest BCUT2D eigenvalue weighted by molar-refractivity contribution is 6.90. The molecule has 1 aliphatic carbocycles. The Balaban J connectivity index is 1.83. The maximum Gasteiger partial charge on any atom is 0.254 e. The fourth-order valence-corrected chi connectivity index (χ4v) is 11.4. The van der Waals surface area contributed by atoms with Crippen molar-refractivity contribution in [1.29, 1.82) is 0 Å². The van der Waals surface area contributed by atoms with Crippen molar-refractivity contribution in [3.63, 3.8) is 0 Å². The summed E-state index contributed by atoms with van der Waals surface area (Å²) in [6.45, 7) is 15.8. The van der Waals surface area contributed by atoms with Crippen LogP contribution in [0.2, 0.25) is 39.3 Å². The molecule has 5 rings (SSSR count). The molecule has 0 N–H and O–H groups in total. The van der Waals surface area contributed by atoms with Crippen molar-refractivity contribution in [3.05, 3.63) is 45.3 Å². The number of fused-ring (bicyclic) bond motifs is 3. The largest absolute Gasteiger partial charge is 0.454 e. The van der Waals surface area contributed by atoms with Crippen LogP contribution in [0.3, 0.4) is 0 Å². The number of carbonyl (C=O) groups is 1. The van der Waals surface area contributed by atoms with Crippen LogP contribution in [-0.2, 0) is 0 Å². The van der Waals surface area contributed by atoms with Crippen LogP contribution in [0.5, 0.6) is 11.5 Å². The topological polar surface area (TPSA) is 38.8 Å². The lowest BCUT2D eigenvalue weighted by molar-refractivity contribution is 0.0712. The van der Waals surface area contributed by atoms with Gasteiger partial charge >= 0.3 is 0 Å². The molecule has 0 aromatic heterocycles. The predicted octanol–water partition coefficient (Wildman–Crippen LogP) is 4.72. The number of benzene rings is 1. The molecular weight excluding hydrogens is 382 g/mol. The summed E-state index contributed by atoms with van der Waals surface area (Å²) in [5.74, 6) is 1.93. The van der Waals surface area contributed by atoms with Gasteiger partial charge in [-0.2, -0.15) is 0 Å². The number of rotatable bonds is 2. The second-order valence-electron chi connectivity index (χ2n) is 10.5. The number of ether oxygens (including phenoxy) is 2. The maximum atomic E-state index is 13.4. The van der Waals surface area contributed by atoms with Gasteiger partial charge in [-0.25, -0.2) is 0 Å². The van der Waals surface area contributed by atoms with Crippen LogP contribution in [0.25, 0.3) is 0 Å². The van der Waals surface area contributed by atoms with Gasteiger partial charge in [-0.1, -0.05) is 55.8 Å². The van der Waals surface area contributed by atoms with E-state index in [2.05, 4.69) is 56.3 Å². The molecule has 1 aromatic carbocycles. The number of hydrogen-bond donors (Lipinski definition) is 0. The van der Waals surface area contributed by atoms with Crippen molar-refractivity contribution in [2.24, 2.45) is 0 Å². The summed E-state index contributed by atoms with van der Waals surface area (Å²) in [5, 5.41) is 3.28. The van der Waals surface area contributed by atoms with Crippen molar-refractivity contribution in [2.45, 2.75) is 57.7 Å². The van der Waals surface area contributed by atoms with E-state index < -0.39 is 16.1 Å². The summed E-state index contributed by atoms with van der Waals surface area (Å²) in [7, 11) is -3.15. The number of carbonyl (C=O) groups excluding carboxylic acids is 1. The van der Waals surface area contributed by atoms with Crippen molar-refractivity contribution >= 4 is 22.1 Å². The fraction of sp³-hybridized carbons (Fsp3) is 0.500. The van der Waals surface area contributed by atoms with Gasteiger partial charge in [-0.15, -0.1) is 0 Å². The average Bonchev–Trinajstić information content (AvgIpc) is 3.22. The molecular formula is C22H29NO3Si2. The lowest BCUT2D eigenvalue weighted by atomic mass is 9.78. The Morgan fingerprint density at radius 1 is 1.00 bits per heavy atom. The first-order valence-electron chi connectivity index (χ1n) is 10.3. The molecule has 6 heteroatoms. The monoisotopic (exact) mass is 411 g/mol. The first-order valence-corrected chi connectivity index (χ1v) is 17.3. The Kier molecular flexibility index (Phi) is 3.67. The van der Waals surface area contributed by atoms with Gasteiger partial charge in [0.25, 0.3) is 5.91 Å². The third-order valence-electron chi connectivity index (χ3n) is 6.59. The summed E-state index contributed by atoms with van der Waals surface area (Å²) < 4.78 is 11.3. The zero-order valence-electron chi connectivity index (χ0n) is 17.7. The van der Waals surface area contributed by atoms with Gasteiger partial charge in [0.15, 0.2) is 11.5 Å². The zero-order chi connectivity index (χ0) is 20.0. The lowest BCUT2D eigenvalue weighted by Gasteiger charge is -2.47. The molecule has 3 aliphatic heterocycles. The van der Waals surface area contributed by atoms with Gasteiger partial charge in [-0.3, -0.25) is 4.79 Å². The minimum absolute atomic E-state index is 0.157. The molecule has 148 valence electrons. The van der Waals surface area contributed by atoms with Crippen LogP contribution in [0.4, 0.5) is 0 Å². The predicted molar refractivity (Wildman–Crippen MR) is 117 cm³/mol. The minimum Gasteiger partial charge on any atom is -0.454 e. The second-order valence-corrected chi connectivity index (χ2v) is 20.6. The summed E-state index contributed by atoms with van der Waals surface area (Å²) in [6.07, 6.45) is 3.51. The molecule has 0 bridgehead atoms. The molecule has 1 fully saturated rings. The Morgan fingerprint density at radius 2 is 1.68 bits per heavy atom. The molecule has 3 heterocycles. The van der Waals surface area contributed by atoms with Gasteiger partial charge in [0.05, 0.1) is 22.2 Å². The summed E-state index contributed by atoms with van der Waals surface area (Å²) in [4.78, 5) is 15.5. The third-order valence-corrected chi connectivity index (χ3v) is 11.1. The zero-order valence-corrected chi connectivity index (χ0v) is 19.7. The first-order chi connectivity index (χ1) is 13.1. The van der Waals surface area contributed by atoms with E-state index in [0.717, 1.165) is 29.8 Å². The first kappa shape index (κ1) is 18.2. The lowest BCUT2D eigenvalue weighted by Crippen LogP contribution is -2.50. The molecule has 1 aromatic rings. The van der Waals surface area contributed by atoms with Gasteiger partial charge in [0, 0.05) is 18.0 Å². The summed E-state index contributed by atoms with van der Waals surface area (Å²) in [5.41, 5.74) is 3.44. The highest BCUT2D eigenvalue weighted by Crippen LogP contribution is 2.54. The SMILES string of the molecule is C[Si](C)(C)C1=C([Si](C)(C)C)[C@@H]2c3cc4c(cc3C(=O)N3CCC(=C1)[C@H]23)OCO4. The molecule has 0 unspecified atom stereocenters. The molecule has 1 amide bonds. The Hall–Kier alpha value is -1.80. The van der Waals surface area contributed by atoms with Crippen molar-refractivity contribution in [3.8, 4) is 11.5 Å². The quantitative estimate of drug-likeness (QED) is 0.661. The molecule has 4 aliphatic rings. The number of nitrogens with zero attached hydrogens (tertiary/aromatic N) is 1. The van der Waals surface area contributed by atoms with E-state index >= 15 is 0 Å². The van der Waals surface area contributed by atoms with E-state index in [1.807, 2.05) is 6.07 Å². The molecule has 2 atom stereocenters. The number of amides is 1. The van der Waals surface area contributed by atoms with Crippen molar-refractivity contribution < 1.29 is 14.3 Å². The normalized spacial score (nSPS) is 25.7. The van der Waals surface area contributed by atoms with Gasteiger partial charge in [0.1, 0.15) is 0 Å².